The largest absolute Gasteiger partial charge is 0.338 e. The summed E-state index contributed by atoms with van der Waals surface area (Å²) < 4.78 is 7.28. The number of thioether (sulfide) groups is 1. The molecule has 2 aromatic heterocycles. The molecule has 0 fully saturated rings. The Bertz CT molecular complexity index is 718. The molecule has 1 atom stereocenters. The molecule has 0 bridgehead atoms. The van der Waals surface area contributed by atoms with Crippen LogP contribution >= 0.6 is 11.8 Å². The van der Waals surface area contributed by atoms with E-state index in [1.807, 2.05) is 39.1 Å². The highest BCUT2D eigenvalue weighted by Crippen LogP contribution is 2.34. The molecule has 19 heavy (non-hydrogen) atoms. The third-order valence-electron chi connectivity index (χ3n) is 2.92. The third kappa shape index (κ3) is 2.23. The quantitative estimate of drug-likeness (QED) is 0.687. The summed E-state index contributed by atoms with van der Waals surface area (Å²) in [5.74, 6) is 1.29. The minimum atomic E-state index is 0.0803. The van der Waals surface area contributed by atoms with E-state index >= 15 is 0 Å². The third-order valence-corrected chi connectivity index (χ3v) is 4.05. The Balaban J connectivity index is 1.91. The zero-order valence-corrected chi connectivity index (χ0v) is 11.8. The first-order valence-electron chi connectivity index (χ1n) is 6.03. The number of benzene rings is 1. The zero-order valence-electron chi connectivity index (χ0n) is 11.0. The first-order valence-corrected chi connectivity index (χ1v) is 6.91. The predicted molar refractivity (Wildman–Crippen MR) is 74.0 cm³/mol. The molecule has 0 saturated carbocycles. The topological polar surface area (TPSA) is 56.7 Å². The van der Waals surface area contributed by atoms with E-state index < -0.39 is 0 Å². The fraction of sp³-hybridized carbons (Fsp3) is 0.308. The molecule has 0 radical (unpaired) electrons. The van der Waals surface area contributed by atoms with Crippen LogP contribution in [0.1, 0.15) is 23.9 Å². The van der Waals surface area contributed by atoms with E-state index in [0.717, 1.165) is 16.2 Å². The summed E-state index contributed by atoms with van der Waals surface area (Å²) in [5, 5.41) is 4.85. The van der Waals surface area contributed by atoms with Crippen molar-refractivity contribution in [3.8, 4) is 0 Å². The molecule has 0 amide bonds. The van der Waals surface area contributed by atoms with Gasteiger partial charge in [-0.25, -0.2) is 4.98 Å². The van der Waals surface area contributed by atoms with Gasteiger partial charge in [-0.15, -0.1) is 0 Å². The Morgan fingerprint density at radius 2 is 2.05 bits per heavy atom. The maximum absolute atomic E-state index is 5.19. The average Bonchev–Trinajstić information content (AvgIpc) is 2.96. The van der Waals surface area contributed by atoms with Crippen LogP contribution in [0.3, 0.4) is 0 Å². The summed E-state index contributed by atoms with van der Waals surface area (Å²) in [5.41, 5.74) is 2.13. The van der Waals surface area contributed by atoms with Gasteiger partial charge in [0, 0.05) is 7.05 Å². The molecule has 5 nitrogen and oxygen atoms in total. The summed E-state index contributed by atoms with van der Waals surface area (Å²) in [4.78, 5) is 8.88. The van der Waals surface area contributed by atoms with Crippen LogP contribution in [0.2, 0.25) is 0 Å². The molecule has 3 rings (SSSR count). The number of imidazole rings is 1. The Hall–Kier alpha value is -1.82. The monoisotopic (exact) mass is 274 g/mol. The lowest BCUT2D eigenvalue weighted by Gasteiger charge is -2.05. The second kappa shape index (κ2) is 4.70. The van der Waals surface area contributed by atoms with Gasteiger partial charge in [-0.05, 0) is 26.0 Å². The number of aromatic nitrogens is 4. The normalized spacial score (nSPS) is 13.0. The fourth-order valence-electron chi connectivity index (χ4n) is 1.92. The zero-order chi connectivity index (χ0) is 13.4. The van der Waals surface area contributed by atoms with Gasteiger partial charge in [-0.1, -0.05) is 29.1 Å². The SMILES string of the molecule is Cc1noc(C(C)Sc2nc3ccccc3n2C)n1. The number of hydrogen-bond acceptors (Lipinski definition) is 5. The van der Waals surface area contributed by atoms with E-state index in [1.165, 1.54) is 0 Å². The van der Waals surface area contributed by atoms with E-state index in [2.05, 4.69) is 25.8 Å². The highest BCUT2D eigenvalue weighted by molar-refractivity contribution is 7.99. The molecular weight excluding hydrogens is 260 g/mol. The van der Waals surface area contributed by atoms with Crippen molar-refractivity contribution >= 4 is 22.8 Å². The first-order chi connectivity index (χ1) is 9.15. The van der Waals surface area contributed by atoms with Crippen LogP contribution < -0.4 is 0 Å². The fourth-order valence-corrected chi connectivity index (χ4v) is 2.84. The van der Waals surface area contributed by atoms with Crippen LogP contribution in [-0.2, 0) is 7.05 Å². The Morgan fingerprint density at radius 3 is 2.74 bits per heavy atom. The van der Waals surface area contributed by atoms with E-state index in [4.69, 9.17) is 4.52 Å². The van der Waals surface area contributed by atoms with E-state index in [0.29, 0.717) is 11.7 Å². The molecule has 0 saturated heterocycles. The Morgan fingerprint density at radius 1 is 1.26 bits per heavy atom. The molecule has 6 heteroatoms. The predicted octanol–water partition coefficient (Wildman–Crippen LogP) is 3.12. The smallest absolute Gasteiger partial charge is 0.239 e. The molecular formula is C13H14N4OS. The van der Waals surface area contributed by atoms with Crippen molar-refractivity contribution in [1.29, 1.82) is 0 Å². The van der Waals surface area contributed by atoms with E-state index in [9.17, 15) is 0 Å². The number of fused-ring (bicyclic) bond motifs is 1. The van der Waals surface area contributed by atoms with E-state index in [-0.39, 0.29) is 5.25 Å². The summed E-state index contributed by atoms with van der Waals surface area (Å²) >= 11 is 1.62. The van der Waals surface area contributed by atoms with Gasteiger partial charge in [0.15, 0.2) is 11.0 Å². The van der Waals surface area contributed by atoms with Crippen LogP contribution in [0, 0.1) is 6.92 Å². The van der Waals surface area contributed by atoms with Gasteiger partial charge in [0.25, 0.3) is 0 Å². The van der Waals surface area contributed by atoms with Gasteiger partial charge in [0.1, 0.15) is 0 Å². The standard InChI is InChI=1S/C13H14N4OS/c1-8(12-14-9(2)16-18-12)19-13-15-10-6-4-5-7-11(10)17(13)3/h4-8H,1-3H3. The summed E-state index contributed by atoms with van der Waals surface area (Å²) in [6.07, 6.45) is 0. The maximum Gasteiger partial charge on any atom is 0.239 e. The van der Waals surface area contributed by atoms with Crippen molar-refractivity contribution in [2.24, 2.45) is 7.05 Å². The van der Waals surface area contributed by atoms with Gasteiger partial charge >= 0.3 is 0 Å². The average molecular weight is 274 g/mol. The van der Waals surface area contributed by atoms with Gasteiger partial charge in [0.2, 0.25) is 5.89 Å². The van der Waals surface area contributed by atoms with Gasteiger partial charge < -0.3 is 9.09 Å². The van der Waals surface area contributed by atoms with E-state index in [1.54, 1.807) is 11.8 Å². The molecule has 2 heterocycles. The second-order valence-electron chi connectivity index (χ2n) is 4.38. The Kier molecular flexibility index (Phi) is 3.02. The lowest BCUT2D eigenvalue weighted by Crippen LogP contribution is -1.94. The molecule has 0 aliphatic heterocycles. The number of rotatable bonds is 3. The van der Waals surface area contributed by atoms with Crippen LogP contribution in [0.15, 0.2) is 33.9 Å². The molecule has 0 aliphatic carbocycles. The maximum atomic E-state index is 5.19. The summed E-state index contributed by atoms with van der Waals surface area (Å²) in [7, 11) is 2.02. The second-order valence-corrected chi connectivity index (χ2v) is 5.69. The highest BCUT2D eigenvalue weighted by Gasteiger charge is 2.18. The van der Waals surface area contributed by atoms with Crippen molar-refractivity contribution in [2.75, 3.05) is 0 Å². The molecule has 0 spiro atoms. The lowest BCUT2D eigenvalue weighted by molar-refractivity contribution is 0.376. The van der Waals surface area contributed by atoms with Crippen LogP contribution in [0.4, 0.5) is 0 Å². The molecule has 98 valence electrons. The highest BCUT2D eigenvalue weighted by atomic mass is 32.2. The molecule has 3 aromatic rings. The van der Waals surface area contributed by atoms with Gasteiger partial charge in [-0.2, -0.15) is 4.98 Å². The summed E-state index contributed by atoms with van der Waals surface area (Å²) in [6.45, 7) is 3.86. The van der Waals surface area contributed by atoms with Gasteiger partial charge in [-0.3, -0.25) is 0 Å². The number of nitrogens with zero attached hydrogens (tertiary/aromatic N) is 4. The minimum Gasteiger partial charge on any atom is -0.338 e. The number of aryl methyl sites for hydroxylation is 2. The summed E-state index contributed by atoms with van der Waals surface area (Å²) in [6, 6.07) is 8.09. The lowest BCUT2D eigenvalue weighted by atomic mass is 10.3. The van der Waals surface area contributed by atoms with Crippen LogP contribution in [-0.4, -0.2) is 19.7 Å². The molecule has 1 unspecified atom stereocenters. The number of para-hydroxylation sites is 2. The van der Waals surface area contributed by atoms with Crippen molar-refractivity contribution in [3.05, 3.63) is 36.0 Å². The Labute approximate surface area is 115 Å². The first kappa shape index (κ1) is 12.2. The van der Waals surface area contributed by atoms with Crippen LogP contribution in [0.5, 0.6) is 0 Å². The van der Waals surface area contributed by atoms with Crippen LogP contribution in [0.25, 0.3) is 11.0 Å². The molecule has 1 aromatic carbocycles. The minimum absolute atomic E-state index is 0.0803. The van der Waals surface area contributed by atoms with Gasteiger partial charge in [0.05, 0.1) is 16.3 Å². The molecule has 0 aliphatic rings. The number of hydrogen-bond donors (Lipinski definition) is 0. The van der Waals surface area contributed by atoms with Crippen molar-refractivity contribution in [2.45, 2.75) is 24.3 Å². The van der Waals surface area contributed by atoms with Crippen molar-refractivity contribution < 1.29 is 4.52 Å². The van der Waals surface area contributed by atoms with Crippen molar-refractivity contribution in [3.63, 3.8) is 0 Å². The van der Waals surface area contributed by atoms with Crippen molar-refractivity contribution in [1.82, 2.24) is 19.7 Å². The molecule has 0 N–H and O–H groups in total.